The van der Waals surface area contributed by atoms with Crippen LogP contribution in [0.1, 0.15) is 54.7 Å². The summed E-state index contributed by atoms with van der Waals surface area (Å²) in [5, 5.41) is 0. The van der Waals surface area contributed by atoms with E-state index in [0.29, 0.717) is 0 Å². The van der Waals surface area contributed by atoms with Crippen LogP contribution >= 0.6 is 0 Å². The standard InChI is InChI=1S/C21H26/c1-17-7-9-18(10-8-17)11-12-19-13-15-21(16-14-19)20-5-3-2-4-6-20/h2-10,19,21H,11-16H2,1H3. The Kier molecular flexibility index (Phi) is 4.75. The predicted molar refractivity (Wildman–Crippen MR) is 90.6 cm³/mol. The van der Waals surface area contributed by atoms with E-state index in [1.54, 1.807) is 5.56 Å². The van der Waals surface area contributed by atoms with Gasteiger partial charge in [0.25, 0.3) is 0 Å². The van der Waals surface area contributed by atoms with Gasteiger partial charge in [-0.25, -0.2) is 0 Å². The molecule has 0 saturated heterocycles. The van der Waals surface area contributed by atoms with E-state index in [2.05, 4.69) is 61.5 Å². The molecule has 0 aromatic heterocycles. The van der Waals surface area contributed by atoms with Crippen molar-refractivity contribution in [3.05, 3.63) is 71.3 Å². The zero-order valence-electron chi connectivity index (χ0n) is 13.1. The van der Waals surface area contributed by atoms with Gasteiger partial charge in [-0.15, -0.1) is 0 Å². The minimum absolute atomic E-state index is 0.807. The van der Waals surface area contributed by atoms with E-state index in [9.17, 15) is 0 Å². The summed E-state index contributed by atoms with van der Waals surface area (Å²) in [6.45, 7) is 2.16. The fourth-order valence-electron chi connectivity index (χ4n) is 3.64. The Hall–Kier alpha value is -1.56. The molecule has 0 aliphatic heterocycles. The van der Waals surface area contributed by atoms with Gasteiger partial charge >= 0.3 is 0 Å². The zero-order chi connectivity index (χ0) is 14.5. The Labute approximate surface area is 129 Å². The summed E-state index contributed by atoms with van der Waals surface area (Å²) in [7, 11) is 0. The molecule has 1 saturated carbocycles. The number of rotatable bonds is 4. The average Bonchev–Trinajstić information content (AvgIpc) is 2.56. The van der Waals surface area contributed by atoms with E-state index in [0.717, 1.165) is 11.8 Å². The van der Waals surface area contributed by atoms with Gasteiger partial charge in [-0.1, -0.05) is 60.2 Å². The molecule has 0 N–H and O–H groups in total. The summed E-state index contributed by atoms with van der Waals surface area (Å²) in [4.78, 5) is 0. The molecule has 0 nitrogen and oxygen atoms in total. The lowest BCUT2D eigenvalue weighted by Crippen LogP contribution is -2.14. The van der Waals surface area contributed by atoms with E-state index < -0.39 is 0 Å². The molecule has 0 spiro atoms. The van der Waals surface area contributed by atoms with E-state index in [-0.39, 0.29) is 0 Å². The summed E-state index contributed by atoms with van der Waals surface area (Å²) in [5.74, 6) is 1.74. The molecule has 0 amide bonds. The summed E-state index contributed by atoms with van der Waals surface area (Å²) < 4.78 is 0. The van der Waals surface area contributed by atoms with Crippen LogP contribution in [0.4, 0.5) is 0 Å². The Bertz CT molecular complexity index is 530. The lowest BCUT2D eigenvalue weighted by molar-refractivity contribution is 0.310. The second-order valence-electron chi connectivity index (χ2n) is 6.65. The normalized spacial score (nSPS) is 22.1. The van der Waals surface area contributed by atoms with Crippen molar-refractivity contribution < 1.29 is 0 Å². The Morgan fingerprint density at radius 3 is 2.14 bits per heavy atom. The van der Waals surface area contributed by atoms with Gasteiger partial charge in [0.05, 0.1) is 0 Å². The van der Waals surface area contributed by atoms with Gasteiger partial charge in [-0.2, -0.15) is 0 Å². The molecule has 1 aliphatic carbocycles. The maximum Gasteiger partial charge on any atom is -0.0162 e. The minimum atomic E-state index is 0.807. The third-order valence-corrected chi connectivity index (χ3v) is 5.08. The third-order valence-electron chi connectivity index (χ3n) is 5.08. The lowest BCUT2D eigenvalue weighted by Gasteiger charge is -2.28. The van der Waals surface area contributed by atoms with Crippen molar-refractivity contribution in [2.24, 2.45) is 5.92 Å². The molecule has 0 radical (unpaired) electrons. The maximum atomic E-state index is 2.30. The number of hydrogen-bond acceptors (Lipinski definition) is 0. The fourth-order valence-corrected chi connectivity index (χ4v) is 3.64. The van der Waals surface area contributed by atoms with Crippen molar-refractivity contribution in [3.8, 4) is 0 Å². The molecule has 2 aromatic carbocycles. The molecule has 0 bridgehead atoms. The van der Waals surface area contributed by atoms with E-state index in [1.165, 1.54) is 49.7 Å². The molecule has 21 heavy (non-hydrogen) atoms. The van der Waals surface area contributed by atoms with Crippen LogP contribution in [0.15, 0.2) is 54.6 Å². The van der Waals surface area contributed by atoms with Gasteiger partial charge in [-0.05, 0) is 68.4 Å². The van der Waals surface area contributed by atoms with Crippen LogP contribution in [-0.4, -0.2) is 0 Å². The van der Waals surface area contributed by atoms with E-state index in [1.807, 2.05) is 0 Å². The second kappa shape index (κ2) is 6.93. The van der Waals surface area contributed by atoms with Crippen molar-refractivity contribution in [1.82, 2.24) is 0 Å². The summed E-state index contributed by atoms with van der Waals surface area (Å²) in [5.41, 5.74) is 4.42. The van der Waals surface area contributed by atoms with Crippen molar-refractivity contribution in [3.63, 3.8) is 0 Å². The van der Waals surface area contributed by atoms with Gasteiger partial charge < -0.3 is 0 Å². The first-order chi connectivity index (χ1) is 10.3. The molecule has 0 atom stereocenters. The number of hydrogen-bond donors (Lipinski definition) is 0. The van der Waals surface area contributed by atoms with Crippen molar-refractivity contribution in [2.75, 3.05) is 0 Å². The summed E-state index contributed by atoms with van der Waals surface area (Å²) >= 11 is 0. The SMILES string of the molecule is Cc1ccc(CCC2CCC(c3ccccc3)CC2)cc1. The Balaban J connectivity index is 1.47. The van der Waals surface area contributed by atoms with Crippen LogP contribution in [0.3, 0.4) is 0 Å². The van der Waals surface area contributed by atoms with Gasteiger partial charge in [0.2, 0.25) is 0 Å². The van der Waals surface area contributed by atoms with Crippen molar-refractivity contribution in [2.45, 2.75) is 51.4 Å². The molecule has 0 heteroatoms. The highest BCUT2D eigenvalue weighted by Gasteiger charge is 2.21. The number of aryl methyl sites for hydroxylation is 2. The molecule has 3 rings (SSSR count). The molecular formula is C21H26. The van der Waals surface area contributed by atoms with Gasteiger partial charge in [0.1, 0.15) is 0 Å². The van der Waals surface area contributed by atoms with Gasteiger partial charge in [-0.3, -0.25) is 0 Å². The highest BCUT2D eigenvalue weighted by molar-refractivity contribution is 5.22. The average molecular weight is 278 g/mol. The fraction of sp³-hybridized carbons (Fsp3) is 0.429. The van der Waals surface area contributed by atoms with E-state index in [4.69, 9.17) is 0 Å². The second-order valence-corrected chi connectivity index (χ2v) is 6.65. The lowest BCUT2D eigenvalue weighted by atomic mass is 9.77. The molecule has 0 heterocycles. The minimum Gasteiger partial charge on any atom is -0.0622 e. The maximum absolute atomic E-state index is 2.30. The first-order valence-corrected chi connectivity index (χ1v) is 8.42. The van der Waals surface area contributed by atoms with Crippen LogP contribution < -0.4 is 0 Å². The molecule has 110 valence electrons. The largest absolute Gasteiger partial charge is 0.0622 e. The first-order valence-electron chi connectivity index (χ1n) is 8.42. The molecule has 1 fully saturated rings. The number of benzene rings is 2. The summed E-state index contributed by atoms with van der Waals surface area (Å²) in [6, 6.07) is 20.2. The quantitative estimate of drug-likeness (QED) is 0.653. The molecular weight excluding hydrogens is 252 g/mol. The Morgan fingerprint density at radius 2 is 1.48 bits per heavy atom. The third kappa shape index (κ3) is 3.97. The zero-order valence-corrected chi connectivity index (χ0v) is 13.1. The summed E-state index contributed by atoms with van der Waals surface area (Å²) in [6.07, 6.45) is 8.19. The molecule has 0 unspecified atom stereocenters. The van der Waals surface area contributed by atoms with Gasteiger partial charge in [0, 0.05) is 0 Å². The topological polar surface area (TPSA) is 0 Å². The highest BCUT2D eigenvalue weighted by atomic mass is 14.3. The van der Waals surface area contributed by atoms with Crippen LogP contribution in [0.2, 0.25) is 0 Å². The monoisotopic (exact) mass is 278 g/mol. The smallest absolute Gasteiger partial charge is 0.0162 e. The van der Waals surface area contributed by atoms with Crippen LogP contribution in [-0.2, 0) is 6.42 Å². The predicted octanol–water partition coefficient (Wildman–Crippen LogP) is 5.90. The molecule has 2 aromatic rings. The van der Waals surface area contributed by atoms with Crippen molar-refractivity contribution >= 4 is 0 Å². The molecule has 1 aliphatic rings. The Morgan fingerprint density at radius 1 is 0.810 bits per heavy atom. The first kappa shape index (κ1) is 14.4. The van der Waals surface area contributed by atoms with Gasteiger partial charge in [0.15, 0.2) is 0 Å². The van der Waals surface area contributed by atoms with Crippen molar-refractivity contribution in [1.29, 1.82) is 0 Å². The highest BCUT2D eigenvalue weighted by Crippen LogP contribution is 2.37. The van der Waals surface area contributed by atoms with Crippen LogP contribution in [0, 0.1) is 12.8 Å². The van der Waals surface area contributed by atoms with Crippen LogP contribution in [0.25, 0.3) is 0 Å². The van der Waals surface area contributed by atoms with Crippen LogP contribution in [0.5, 0.6) is 0 Å². The van der Waals surface area contributed by atoms with E-state index >= 15 is 0 Å².